The highest BCUT2D eigenvalue weighted by molar-refractivity contribution is 5.52. The predicted molar refractivity (Wildman–Crippen MR) is 82.2 cm³/mol. The molecule has 0 radical (unpaired) electrons. The van der Waals surface area contributed by atoms with Gasteiger partial charge in [-0.25, -0.2) is 4.39 Å². The van der Waals surface area contributed by atoms with Crippen molar-refractivity contribution in [3.8, 4) is 5.75 Å². The van der Waals surface area contributed by atoms with E-state index in [1.165, 1.54) is 6.07 Å². The number of benzene rings is 1. The zero-order valence-corrected chi connectivity index (χ0v) is 13.0. The molecule has 2 rings (SSSR count). The number of nitrogens with one attached hydrogen (secondary N) is 1. The number of methoxy groups -OCH3 is 1. The zero-order valence-electron chi connectivity index (χ0n) is 13.0. The Bertz CT molecular complexity index is 497. The average Bonchev–Trinajstić information content (AvgIpc) is 2.49. The smallest absolute Gasteiger partial charge is 0.146 e. The van der Waals surface area contributed by atoms with Crippen molar-refractivity contribution in [1.82, 2.24) is 0 Å². The van der Waals surface area contributed by atoms with E-state index in [1.54, 1.807) is 19.2 Å². The van der Waals surface area contributed by atoms with Gasteiger partial charge in [0.2, 0.25) is 0 Å². The lowest BCUT2D eigenvalue weighted by Crippen LogP contribution is -2.55. The number of hydrogen-bond acceptors (Lipinski definition) is 4. The number of halogens is 1. The van der Waals surface area contributed by atoms with Crippen molar-refractivity contribution in [3.63, 3.8) is 0 Å². The fourth-order valence-corrected chi connectivity index (χ4v) is 2.92. The van der Waals surface area contributed by atoms with E-state index in [4.69, 9.17) is 15.2 Å². The maximum Gasteiger partial charge on any atom is 0.146 e. The Morgan fingerprint density at radius 2 is 2.24 bits per heavy atom. The fraction of sp³-hybridized carbons (Fsp3) is 0.625. The molecule has 21 heavy (non-hydrogen) atoms. The number of anilines is 1. The van der Waals surface area contributed by atoms with Gasteiger partial charge in [0, 0.05) is 25.6 Å². The molecule has 1 aliphatic heterocycles. The summed E-state index contributed by atoms with van der Waals surface area (Å²) in [5, 5.41) is 3.32. The van der Waals surface area contributed by atoms with Crippen LogP contribution in [0.15, 0.2) is 18.2 Å². The molecule has 2 unspecified atom stereocenters. The Morgan fingerprint density at radius 3 is 2.86 bits per heavy atom. The van der Waals surface area contributed by atoms with E-state index in [0.717, 1.165) is 19.3 Å². The van der Waals surface area contributed by atoms with Crippen LogP contribution in [0.2, 0.25) is 0 Å². The first-order valence-corrected chi connectivity index (χ1v) is 7.42. The fourth-order valence-electron chi connectivity index (χ4n) is 2.92. The summed E-state index contributed by atoms with van der Waals surface area (Å²) in [6.45, 7) is 5.24. The van der Waals surface area contributed by atoms with Crippen LogP contribution in [-0.4, -0.2) is 31.4 Å². The van der Waals surface area contributed by atoms with E-state index < -0.39 is 0 Å². The monoisotopic (exact) mass is 296 g/mol. The minimum Gasteiger partial charge on any atom is -0.497 e. The molecule has 1 fully saturated rings. The molecule has 118 valence electrons. The van der Waals surface area contributed by atoms with Gasteiger partial charge in [-0.05, 0) is 31.9 Å². The minimum absolute atomic E-state index is 0.222. The van der Waals surface area contributed by atoms with Crippen molar-refractivity contribution < 1.29 is 13.9 Å². The van der Waals surface area contributed by atoms with Crippen molar-refractivity contribution in [3.05, 3.63) is 24.0 Å². The third-order valence-corrected chi connectivity index (χ3v) is 4.46. The van der Waals surface area contributed by atoms with Gasteiger partial charge in [-0.1, -0.05) is 6.92 Å². The summed E-state index contributed by atoms with van der Waals surface area (Å²) in [6.07, 6.45) is 2.41. The molecule has 0 aromatic heterocycles. The lowest BCUT2D eigenvalue weighted by molar-refractivity contribution is -0.0882. The summed E-state index contributed by atoms with van der Waals surface area (Å²) in [7, 11) is 1.57. The molecule has 1 heterocycles. The molecule has 1 aliphatic rings. The van der Waals surface area contributed by atoms with Crippen LogP contribution in [-0.2, 0) is 4.74 Å². The third-order valence-electron chi connectivity index (χ3n) is 4.46. The number of ether oxygens (including phenoxy) is 2. The van der Waals surface area contributed by atoms with E-state index in [-0.39, 0.29) is 17.0 Å². The van der Waals surface area contributed by atoms with Gasteiger partial charge < -0.3 is 20.5 Å². The van der Waals surface area contributed by atoms with Gasteiger partial charge in [0.15, 0.2) is 0 Å². The first kappa shape index (κ1) is 16.0. The largest absolute Gasteiger partial charge is 0.497 e. The quantitative estimate of drug-likeness (QED) is 0.877. The average molecular weight is 296 g/mol. The van der Waals surface area contributed by atoms with Gasteiger partial charge in [-0.15, -0.1) is 0 Å². The normalized spacial score (nSPS) is 29.2. The van der Waals surface area contributed by atoms with Gasteiger partial charge >= 0.3 is 0 Å². The van der Waals surface area contributed by atoms with Crippen LogP contribution in [0.25, 0.3) is 0 Å². The second-order valence-electron chi connectivity index (χ2n) is 6.03. The topological polar surface area (TPSA) is 56.5 Å². The van der Waals surface area contributed by atoms with Crippen LogP contribution in [0.1, 0.15) is 33.1 Å². The minimum atomic E-state index is -0.351. The lowest BCUT2D eigenvalue weighted by atomic mass is 9.79. The van der Waals surface area contributed by atoms with E-state index in [1.807, 2.05) is 0 Å². The van der Waals surface area contributed by atoms with Crippen LogP contribution in [0, 0.1) is 5.82 Å². The van der Waals surface area contributed by atoms with Crippen LogP contribution < -0.4 is 15.8 Å². The molecule has 0 saturated carbocycles. The molecule has 0 bridgehead atoms. The van der Waals surface area contributed by atoms with Crippen LogP contribution in [0.4, 0.5) is 10.1 Å². The molecule has 5 heteroatoms. The molecule has 0 amide bonds. The summed E-state index contributed by atoms with van der Waals surface area (Å²) in [6, 6.07) is 4.69. The Labute approximate surface area is 125 Å². The van der Waals surface area contributed by atoms with Crippen molar-refractivity contribution in [2.45, 2.75) is 44.2 Å². The highest BCUT2D eigenvalue weighted by Gasteiger charge is 2.42. The molecule has 0 spiro atoms. The van der Waals surface area contributed by atoms with Gasteiger partial charge in [0.25, 0.3) is 0 Å². The molecule has 1 aromatic carbocycles. The summed E-state index contributed by atoms with van der Waals surface area (Å²) in [4.78, 5) is 0. The van der Waals surface area contributed by atoms with Crippen LogP contribution >= 0.6 is 0 Å². The Hall–Kier alpha value is -1.33. The molecule has 1 aromatic rings. The molecule has 3 N–H and O–H groups in total. The third kappa shape index (κ3) is 3.47. The second kappa shape index (κ2) is 6.20. The summed E-state index contributed by atoms with van der Waals surface area (Å²) in [5.74, 6) is 0.324. The van der Waals surface area contributed by atoms with E-state index in [9.17, 15) is 4.39 Å². The van der Waals surface area contributed by atoms with Gasteiger partial charge in [-0.2, -0.15) is 0 Å². The van der Waals surface area contributed by atoms with Gasteiger partial charge in [0.05, 0.1) is 23.9 Å². The first-order valence-electron chi connectivity index (χ1n) is 7.42. The Balaban J connectivity index is 2.26. The SMILES string of the molecule is CCC1(C)CC(CN)(Nc2cc(OC)ccc2F)CCO1. The molecule has 0 aliphatic carbocycles. The molecule has 1 saturated heterocycles. The van der Waals surface area contributed by atoms with Crippen molar-refractivity contribution >= 4 is 5.69 Å². The number of hydrogen-bond donors (Lipinski definition) is 2. The molecule has 2 atom stereocenters. The summed E-state index contributed by atoms with van der Waals surface area (Å²) in [5.41, 5.74) is 5.87. The Morgan fingerprint density at radius 1 is 1.48 bits per heavy atom. The summed E-state index contributed by atoms with van der Waals surface area (Å²) >= 11 is 0. The standard InChI is InChI=1S/C16H25FN2O2/c1-4-15(2)10-16(11-18,7-8-21-15)19-14-9-12(20-3)5-6-13(14)17/h5-6,9,19H,4,7-8,10-11,18H2,1-3H3. The van der Waals surface area contributed by atoms with Gasteiger partial charge in [0.1, 0.15) is 11.6 Å². The van der Waals surface area contributed by atoms with Crippen molar-refractivity contribution in [2.75, 3.05) is 25.6 Å². The van der Waals surface area contributed by atoms with Crippen molar-refractivity contribution in [1.29, 1.82) is 0 Å². The predicted octanol–water partition coefficient (Wildman–Crippen LogP) is 2.92. The van der Waals surface area contributed by atoms with E-state index in [0.29, 0.717) is 24.6 Å². The van der Waals surface area contributed by atoms with Crippen LogP contribution in [0.3, 0.4) is 0 Å². The maximum absolute atomic E-state index is 14.1. The molecular formula is C16H25FN2O2. The summed E-state index contributed by atoms with van der Waals surface area (Å²) < 4.78 is 25.1. The second-order valence-corrected chi connectivity index (χ2v) is 6.03. The highest BCUT2D eigenvalue weighted by atomic mass is 19.1. The van der Waals surface area contributed by atoms with Crippen molar-refractivity contribution in [2.24, 2.45) is 5.73 Å². The maximum atomic E-state index is 14.1. The molecular weight excluding hydrogens is 271 g/mol. The highest BCUT2D eigenvalue weighted by Crippen LogP contribution is 2.37. The van der Waals surface area contributed by atoms with E-state index >= 15 is 0 Å². The number of nitrogens with two attached hydrogens (primary N) is 1. The van der Waals surface area contributed by atoms with Crippen LogP contribution in [0.5, 0.6) is 5.75 Å². The number of rotatable bonds is 5. The zero-order chi connectivity index (χ0) is 15.5. The van der Waals surface area contributed by atoms with Gasteiger partial charge in [-0.3, -0.25) is 0 Å². The Kier molecular flexibility index (Phi) is 4.74. The van der Waals surface area contributed by atoms with E-state index in [2.05, 4.69) is 19.2 Å². The molecule has 4 nitrogen and oxygen atoms in total. The lowest BCUT2D eigenvalue weighted by Gasteiger charge is -2.46. The first-order chi connectivity index (χ1) is 9.96.